The highest BCUT2D eigenvalue weighted by molar-refractivity contribution is 5.85. The Morgan fingerprint density at radius 1 is 1.32 bits per heavy atom. The van der Waals surface area contributed by atoms with Crippen LogP contribution in [0.2, 0.25) is 0 Å². The number of carbonyl (C=O) groups is 1. The van der Waals surface area contributed by atoms with Gasteiger partial charge in [0, 0.05) is 18.3 Å². The van der Waals surface area contributed by atoms with Crippen LogP contribution in [0.1, 0.15) is 48.3 Å². The number of anilines is 1. The van der Waals surface area contributed by atoms with E-state index in [9.17, 15) is 4.79 Å². The minimum absolute atomic E-state index is 0.0989. The largest absolute Gasteiger partial charge is 0.477 e. The summed E-state index contributed by atoms with van der Waals surface area (Å²) in [5, 5.41) is 9.10. The molecule has 2 heterocycles. The van der Waals surface area contributed by atoms with Crippen LogP contribution in [-0.2, 0) is 0 Å². The summed E-state index contributed by atoms with van der Waals surface area (Å²) < 4.78 is 0. The van der Waals surface area contributed by atoms with Crippen molar-refractivity contribution in [2.45, 2.75) is 45.1 Å². The summed E-state index contributed by atoms with van der Waals surface area (Å²) in [6.07, 6.45) is 6.24. The van der Waals surface area contributed by atoms with Crippen LogP contribution in [0, 0.1) is 12.8 Å². The van der Waals surface area contributed by atoms with Crippen LogP contribution in [0.25, 0.3) is 0 Å². The minimum Gasteiger partial charge on any atom is -0.477 e. The molecule has 0 amide bonds. The highest BCUT2D eigenvalue weighted by Crippen LogP contribution is 2.37. The van der Waals surface area contributed by atoms with Gasteiger partial charge in [0.1, 0.15) is 0 Å². The lowest BCUT2D eigenvalue weighted by molar-refractivity contribution is 0.0690. The normalized spacial score (nSPS) is 26.3. The van der Waals surface area contributed by atoms with Crippen molar-refractivity contribution in [3.63, 3.8) is 0 Å². The van der Waals surface area contributed by atoms with Crippen LogP contribution < -0.4 is 4.90 Å². The van der Waals surface area contributed by atoms with E-state index in [1.54, 1.807) is 0 Å². The van der Waals surface area contributed by atoms with E-state index >= 15 is 0 Å². The first-order valence-electron chi connectivity index (χ1n) is 7.01. The van der Waals surface area contributed by atoms with Crippen molar-refractivity contribution >= 4 is 11.9 Å². The first kappa shape index (κ1) is 12.4. The molecular formula is C14H19N3O2. The van der Waals surface area contributed by atoms with Gasteiger partial charge in [0.2, 0.25) is 5.95 Å². The number of carboxylic acid groups (broad SMARTS) is 1. The number of hydrogen-bond acceptors (Lipinski definition) is 4. The zero-order chi connectivity index (χ0) is 13.4. The van der Waals surface area contributed by atoms with E-state index in [1.165, 1.54) is 38.2 Å². The molecule has 1 saturated heterocycles. The van der Waals surface area contributed by atoms with Crippen LogP contribution in [0.15, 0.2) is 6.07 Å². The quantitative estimate of drug-likeness (QED) is 0.884. The number of aromatic carboxylic acids is 1. The van der Waals surface area contributed by atoms with Gasteiger partial charge in [0.25, 0.3) is 0 Å². The van der Waals surface area contributed by atoms with Gasteiger partial charge in [-0.2, -0.15) is 0 Å². The smallest absolute Gasteiger partial charge is 0.354 e. The minimum atomic E-state index is -0.980. The molecule has 1 aromatic heterocycles. The third-order valence-corrected chi connectivity index (χ3v) is 4.33. The lowest BCUT2D eigenvalue weighted by atomic mass is 9.85. The van der Waals surface area contributed by atoms with Gasteiger partial charge in [-0.25, -0.2) is 14.8 Å². The summed E-state index contributed by atoms with van der Waals surface area (Å²) in [4.78, 5) is 22.0. The number of nitrogens with zero attached hydrogens (tertiary/aromatic N) is 3. The molecule has 1 aliphatic carbocycles. The Labute approximate surface area is 112 Å². The van der Waals surface area contributed by atoms with Crippen molar-refractivity contribution in [1.82, 2.24) is 9.97 Å². The summed E-state index contributed by atoms with van der Waals surface area (Å²) in [7, 11) is 0. The number of aromatic nitrogens is 2. The summed E-state index contributed by atoms with van der Waals surface area (Å²) in [5.74, 6) is 0.365. The SMILES string of the molecule is Cc1cc(C(=O)O)nc(N2CCC3CCCCC32)n1. The van der Waals surface area contributed by atoms with E-state index in [0.29, 0.717) is 12.0 Å². The summed E-state index contributed by atoms with van der Waals surface area (Å²) in [6, 6.07) is 2.04. The fourth-order valence-corrected chi connectivity index (χ4v) is 3.45. The molecule has 0 aromatic carbocycles. The van der Waals surface area contributed by atoms with Gasteiger partial charge in [-0.3, -0.25) is 0 Å². The maximum absolute atomic E-state index is 11.1. The molecule has 0 radical (unpaired) electrons. The molecule has 2 unspecified atom stereocenters. The fourth-order valence-electron chi connectivity index (χ4n) is 3.45. The first-order chi connectivity index (χ1) is 9.15. The molecule has 1 aliphatic heterocycles. The first-order valence-corrected chi connectivity index (χ1v) is 7.01. The second kappa shape index (κ2) is 4.79. The third-order valence-electron chi connectivity index (χ3n) is 4.33. The van der Waals surface area contributed by atoms with E-state index < -0.39 is 5.97 Å². The van der Waals surface area contributed by atoms with Crippen LogP contribution >= 0.6 is 0 Å². The zero-order valence-electron chi connectivity index (χ0n) is 11.2. The Bertz CT molecular complexity index is 503. The van der Waals surface area contributed by atoms with Crippen LogP contribution in [0.4, 0.5) is 5.95 Å². The highest BCUT2D eigenvalue weighted by Gasteiger charge is 2.37. The van der Waals surface area contributed by atoms with Crippen molar-refractivity contribution in [3.05, 3.63) is 17.5 Å². The van der Waals surface area contributed by atoms with Gasteiger partial charge in [-0.05, 0) is 38.2 Å². The van der Waals surface area contributed by atoms with Gasteiger partial charge in [-0.15, -0.1) is 0 Å². The Morgan fingerprint density at radius 2 is 2.11 bits per heavy atom. The third kappa shape index (κ3) is 2.29. The standard InChI is InChI=1S/C14H19N3O2/c1-9-8-11(13(18)19)16-14(15-9)17-7-6-10-4-2-3-5-12(10)17/h8,10,12H,2-7H2,1H3,(H,18,19). The average molecular weight is 261 g/mol. The molecule has 2 atom stereocenters. The number of hydrogen-bond donors (Lipinski definition) is 1. The van der Waals surface area contributed by atoms with Crippen molar-refractivity contribution in [3.8, 4) is 0 Å². The Morgan fingerprint density at radius 3 is 2.89 bits per heavy atom. The molecule has 1 saturated carbocycles. The van der Waals surface area contributed by atoms with E-state index in [2.05, 4.69) is 14.9 Å². The van der Waals surface area contributed by atoms with Gasteiger partial charge in [0.15, 0.2) is 5.69 Å². The van der Waals surface area contributed by atoms with Gasteiger partial charge < -0.3 is 10.0 Å². The Kier molecular flexibility index (Phi) is 3.12. The second-order valence-corrected chi connectivity index (χ2v) is 5.59. The molecule has 102 valence electrons. The van der Waals surface area contributed by atoms with E-state index in [0.717, 1.165) is 18.2 Å². The predicted octanol–water partition coefficient (Wildman–Crippen LogP) is 2.25. The highest BCUT2D eigenvalue weighted by atomic mass is 16.4. The molecule has 5 nitrogen and oxygen atoms in total. The molecule has 19 heavy (non-hydrogen) atoms. The number of aryl methyl sites for hydroxylation is 1. The number of carboxylic acids is 1. The second-order valence-electron chi connectivity index (χ2n) is 5.59. The summed E-state index contributed by atoms with van der Waals surface area (Å²) in [6.45, 7) is 2.78. The van der Waals surface area contributed by atoms with Crippen LogP contribution in [0.3, 0.4) is 0 Å². The van der Waals surface area contributed by atoms with Gasteiger partial charge in [0.05, 0.1) is 0 Å². The molecule has 5 heteroatoms. The molecule has 3 rings (SSSR count). The number of fused-ring (bicyclic) bond motifs is 1. The maximum Gasteiger partial charge on any atom is 0.354 e. The van der Waals surface area contributed by atoms with Crippen molar-refractivity contribution in [2.24, 2.45) is 5.92 Å². The lowest BCUT2D eigenvalue weighted by Gasteiger charge is -2.31. The predicted molar refractivity (Wildman–Crippen MR) is 71.4 cm³/mol. The average Bonchev–Trinajstić information content (AvgIpc) is 2.81. The molecule has 1 aromatic rings. The molecule has 0 spiro atoms. The Hall–Kier alpha value is -1.65. The topological polar surface area (TPSA) is 66.3 Å². The summed E-state index contributed by atoms with van der Waals surface area (Å²) in [5.41, 5.74) is 0.823. The van der Waals surface area contributed by atoms with Crippen LogP contribution in [-0.4, -0.2) is 33.6 Å². The maximum atomic E-state index is 11.1. The molecule has 0 bridgehead atoms. The van der Waals surface area contributed by atoms with Crippen molar-refractivity contribution < 1.29 is 9.90 Å². The van der Waals surface area contributed by atoms with Crippen molar-refractivity contribution in [1.29, 1.82) is 0 Å². The molecule has 1 N–H and O–H groups in total. The molecule has 2 fully saturated rings. The van der Waals surface area contributed by atoms with Crippen molar-refractivity contribution in [2.75, 3.05) is 11.4 Å². The van der Waals surface area contributed by atoms with Gasteiger partial charge in [-0.1, -0.05) is 12.8 Å². The summed E-state index contributed by atoms with van der Waals surface area (Å²) >= 11 is 0. The fraction of sp³-hybridized carbons (Fsp3) is 0.643. The van der Waals surface area contributed by atoms with E-state index in [1.807, 2.05) is 6.92 Å². The Balaban J connectivity index is 1.91. The molecule has 2 aliphatic rings. The number of rotatable bonds is 2. The monoisotopic (exact) mass is 261 g/mol. The van der Waals surface area contributed by atoms with E-state index in [4.69, 9.17) is 5.11 Å². The molecular weight excluding hydrogens is 242 g/mol. The van der Waals surface area contributed by atoms with Gasteiger partial charge >= 0.3 is 5.97 Å². The van der Waals surface area contributed by atoms with Crippen LogP contribution in [0.5, 0.6) is 0 Å². The van der Waals surface area contributed by atoms with E-state index in [-0.39, 0.29) is 5.69 Å². The lowest BCUT2D eigenvalue weighted by Crippen LogP contribution is -2.36. The zero-order valence-corrected chi connectivity index (χ0v) is 11.2.